The monoisotopic (exact) mass is 511 g/mol. The largest absolute Gasteiger partial charge is 0.459 e. The predicted octanol–water partition coefficient (Wildman–Crippen LogP) is 3.38. The Morgan fingerprint density at radius 3 is 2.33 bits per heavy atom. The third-order valence-corrected chi connectivity index (χ3v) is 5.77. The van der Waals surface area contributed by atoms with Crippen LogP contribution in [0.4, 0.5) is 10.2 Å². The van der Waals surface area contributed by atoms with Crippen LogP contribution in [0.5, 0.6) is 0 Å². The number of esters is 2. The van der Waals surface area contributed by atoms with Crippen molar-refractivity contribution < 1.29 is 28.2 Å². The summed E-state index contributed by atoms with van der Waals surface area (Å²) in [6, 6.07) is 16.4. The lowest BCUT2D eigenvalue weighted by Crippen LogP contribution is -2.37. The van der Waals surface area contributed by atoms with Gasteiger partial charge in [-0.2, -0.15) is 9.97 Å². The number of ether oxygens (including phenoxy) is 3. The van der Waals surface area contributed by atoms with Crippen molar-refractivity contribution in [3.63, 3.8) is 0 Å². The molecule has 0 saturated carbocycles. The SMILES string of the molecule is Nc1nc(Cl)nc2c1ncn2[C@H]1O[C@H](COC(=O)c2ccccc2)[C@@H](OC(=O)c2ccccc2)[C@@H]1F. The van der Waals surface area contributed by atoms with Crippen LogP contribution in [0.25, 0.3) is 11.2 Å². The van der Waals surface area contributed by atoms with Crippen molar-refractivity contribution in [1.82, 2.24) is 19.5 Å². The molecule has 0 amide bonds. The predicted molar refractivity (Wildman–Crippen MR) is 126 cm³/mol. The minimum atomic E-state index is -1.87. The van der Waals surface area contributed by atoms with E-state index in [1.807, 2.05) is 0 Å². The van der Waals surface area contributed by atoms with Crippen LogP contribution in [-0.2, 0) is 14.2 Å². The maximum Gasteiger partial charge on any atom is 0.338 e. The number of alkyl halides is 1. The van der Waals surface area contributed by atoms with Gasteiger partial charge in [-0.25, -0.2) is 19.0 Å². The van der Waals surface area contributed by atoms with Gasteiger partial charge in [0.1, 0.15) is 18.2 Å². The molecule has 1 aliphatic rings. The molecular formula is C24H19ClFN5O5. The van der Waals surface area contributed by atoms with E-state index in [9.17, 15) is 9.59 Å². The minimum Gasteiger partial charge on any atom is -0.459 e. The molecule has 1 aliphatic heterocycles. The molecule has 4 aromatic rings. The van der Waals surface area contributed by atoms with E-state index >= 15 is 4.39 Å². The number of anilines is 1. The van der Waals surface area contributed by atoms with E-state index in [1.54, 1.807) is 60.7 Å². The summed E-state index contributed by atoms with van der Waals surface area (Å²) in [5.41, 5.74) is 6.73. The number of rotatable bonds is 6. The minimum absolute atomic E-state index is 0.0116. The summed E-state index contributed by atoms with van der Waals surface area (Å²) in [5, 5.41) is -0.157. The average molecular weight is 512 g/mol. The summed E-state index contributed by atoms with van der Waals surface area (Å²) in [4.78, 5) is 37.2. The Morgan fingerprint density at radius 1 is 1.03 bits per heavy atom. The third-order valence-electron chi connectivity index (χ3n) is 5.60. The van der Waals surface area contributed by atoms with E-state index in [2.05, 4.69) is 15.0 Å². The van der Waals surface area contributed by atoms with E-state index in [-0.39, 0.29) is 34.4 Å². The fourth-order valence-electron chi connectivity index (χ4n) is 3.87. The number of carbonyl (C=O) groups is 2. The second kappa shape index (κ2) is 9.88. The molecule has 184 valence electrons. The van der Waals surface area contributed by atoms with Gasteiger partial charge in [-0.05, 0) is 35.9 Å². The van der Waals surface area contributed by atoms with Crippen molar-refractivity contribution in [2.75, 3.05) is 12.3 Å². The molecule has 3 heterocycles. The van der Waals surface area contributed by atoms with E-state index in [0.717, 1.165) is 0 Å². The van der Waals surface area contributed by atoms with Crippen molar-refractivity contribution in [2.24, 2.45) is 0 Å². The molecular weight excluding hydrogens is 493 g/mol. The van der Waals surface area contributed by atoms with E-state index in [0.29, 0.717) is 5.56 Å². The number of hydrogen-bond acceptors (Lipinski definition) is 9. The van der Waals surface area contributed by atoms with Crippen molar-refractivity contribution >= 4 is 40.5 Å². The zero-order chi connectivity index (χ0) is 25.2. The molecule has 0 bridgehead atoms. The van der Waals surface area contributed by atoms with Crippen LogP contribution in [-0.4, -0.2) is 56.4 Å². The number of halogens is 2. The fourth-order valence-corrected chi connectivity index (χ4v) is 4.04. The Morgan fingerprint density at radius 2 is 1.67 bits per heavy atom. The Hall–Kier alpha value is -4.09. The number of nitrogens with zero attached hydrogens (tertiary/aromatic N) is 4. The molecule has 4 atom stereocenters. The van der Waals surface area contributed by atoms with E-state index in [4.69, 9.17) is 31.5 Å². The summed E-state index contributed by atoms with van der Waals surface area (Å²) in [5.74, 6) is -1.37. The van der Waals surface area contributed by atoms with Crippen molar-refractivity contribution in [2.45, 2.75) is 24.6 Å². The number of benzene rings is 2. The molecule has 0 radical (unpaired) electrons. The van der Waals surface area contributed by atoms with Gasteiger partial charge in [0.15, 0.2) is 30.0 Å². The van der Waals surface area contributed by atoms with E-state index in [1.165, 1.54) is 10.9 Å². The Bertz CT molecular complexity index is 1400. The van der Waals surface area contributed by atoms with Crippen LogP contribution in [0.15, 0.2) is 67.0 Å². The number of imidazole rings is 1. The molecule has 0 spiro atoms. The Labute approximate surface area is 208 Å². The quantitative estimate of drug-likeness (QED) is 0.305. The molecule has 1 saturated heterocycles. The maximum absolute atomic E-state index is 15.8. The highest BCUT2D eigenvalue weighted by molar-refractivity contribution is 6.28. The smallest absolute Gasteiger partial charge is 0.338 e. The first kappa shape index (κ1) is 23.6. The van der Waals surface area contributed by atoms with Crippen molar-refractivity contribution in [1.29, 1.82) is 0 Å². The molecule has 2 aromatic heterocycles. The second-order valence-electron chi connectivity index (χ2n) is 7.91. The number of nitrogens with two attached hydrogens (primary N) is 1. The summed E-state index contributed by atoms with van der Waals surface area (Å²) in [6.07, 6.45) is -4.45. The van der Waals surface area contributed by atoms with Gasteiger partial charge in [0.05, 0.1) is 17.5 Å². The highest BCUT2D eigenvalue weighted by atomic mass is 35.5. The lowest BCUT2D eigenvalue weighted by Gasteiger charge is -2.19. The maximum atomic E-state index is 15.8. The lowest BCUT2D eigenvalue weighted by molar-refractivity contribution is -0.0570. The van der Waals surface area contributed by atoms with Crippen LogP contribution in [0.1, 0.15) is 26.9 Å². The van der Waals surface area contributed by atoms with Crippen LogP contribution in [0, 0.1) is 0 Å². The Kier molecular flexibility index (Phi) is 6.49. The van der Waals surface area contributed by atoms with E-state index < -0.39 is 36.5 Å². The first-order chi connectivity index (χ1) is 17.4. The number of aromatic nitrogens is 4. The fraction of sp³-hybridized carbons (Fsp3) is 0.208. The average Bonchev–Trinajstić information content (AvgIpc) is 3.44. The van der Waals surface area contributed by atoms with Gasteiger partial charge in [-0.15, -0.1) is 0 Å². The van der Waals surface area contributed by atoms with Gasteiger partial charge in [-0.1, -0.05) is 36.4 Å². The number of hydrogen-bond donors (Lipinski definition) is 1. The Balaban J connectivity index is 1.42. The van der Waals surface area contributed by atoms with Crippen molar-refractivity contribution in [3.8, 4) is 0 Å². The molecule has 0 aliphatic carbocycles. The molecule has 2 N–H and O–H groups in total. The van der Waals surface area contributed by atoms with Gasteiger partial charge in [-0.3, -0.25) is 4.57 Å². The van der Waals surface area contributed by atoms with Gasteiger partial charge in [0, 0.05) is 0 Å². The highest BCUT2D eigenvalue weighted by Crippen LogP contribution is 2.36. The molecule has 12 heteroatoms. The second-order valence-corrected chi connectivity index (χ2v) is 8.25. The summed E-state index contributed by atoms with van der Waals surface area (Å²) in [7, 11) is 0. The van der Waals surface area contributed by atoms with Crippen LogP contribution < -0.4 is 5.73 Å². The third kappa shape index (κ3) is 4.58. The molecule has 36 heavy (non-hydrogen) atoms. The number of nitrogen functional groups attached to an aromatic ring is 1. The first-order valence-corrected chi connectivity index (χ1v) is 11.2. The number of fused-ring (bicyclic) bond motifs is 1. The van der Waals surface area contributed by atoms with Gasteiger partial charge in [0.2, 0.25) is 5.28 Å². The van der Waals surface area contributed by atoms with Gasteiger partial charge >= 0.3 is 11.9 Å². The lowest BCUT2D eigenvalue weighted by atomic mass is 10.1. The van der Waals surface area contributed by atoms with Gasteiger partial charge in [0.25, 0.3) is 0 Å². The summed E-state index contributed by atoms with van der Waals surface area (Å²) < 4.78 is 33.9. The van der Waals surface area contributed by atoms with Crippen LogP contribution in [0.3, 0.4) is 0 Å². The van der Waals surface area contributed by atoms with Crippen LogP contribution >= 0.6 is 11.6 Å². The molecule has 5 rings (SSSR count). The standard InChI is InChI=1S/C24H19ClFN5O5/c25-24-29-19(27)17-20(30-24)31(12-28-17)21-16(26)18(36-23(33)14-9-5-2-6-10-14)15(35-21)11-34-22(32)13-7-3-1-4-8-13/h1-10,12,15-16,18,21H,11H2,(H2,27,29,30)/t15-,16+,18-,21+/m1/s1. The normalized spacial score (nSPS) is 21.4. The zero-order valence-electron chi connectivity index (χ0n) is 18.5. The topological polar surface area (TPSA) is 131 Å². The summed E-state index contributed by atoms with van der Waals surface area (Å²) >= 11 is 5.93. The molecule has 10 nitrogen and oxygen atoms in total. The summed E-state index contributed by atoms with van der Waals surface area (Å²) in [6.45, 7) is -0.373. The van der Waals surface area contributed by atoms with Crippen LogP contribution in [0.2, 0.25) is 5.28 Å². The highest BCUT2D eigenvalue weighted by Gasteiger charge is 2.50. The molecule has 2 aromatic carbocycles. The molecule has 1 fully saturated rings. The first-order valence-electron chi connectivity index (χ1n) is 10.9. The number of carbonyl (C=O) groups excluding carboxylic acids is 2. The zero-order valence-corrected chi connectivity index (χ0v) is 19.3. The molecule has 0 unspecified atom stereocenters. The van der Waals surface area contributed by atoms with Crippen molar-refractivity contribution in [3.05, 3.63) is 83.4 Å². The van der Waals surface area contributed by atoms with Gasteiger partial charge < -0.3 is 19.9 Å².